The minimum atomic E-state index is -3.62. The molecule has 2 aliphatic rings. The minimum absolute atomic E-state index is 0.00681. The average Bonchev–Trinajstić information content (AvgIpc) is 3.41. The highest BCUT2D eigenvalue weighted by Gasteiger charge is 2.50. The first-order valence-electron chi connectivity index (χ1n) is 13.5. The molecule has 10 nitrogen and oxygen atoms in total. The van der Waals surface area contributed by atoms with Crippen molar-refractivity contribution in [2.75, 3.05) is 6.26 Å². The summed E-state index contributed by atoms with van der Waals surface area (Å²) in [5.74, 6) is -3.11. The van der Waals surface area contributed by atoms with Crippen molar-refractivity contribution < 1.29 is 32.6 Å². The number of nitrogens with zero attached hydrogens (tertiary/aromatic N) is 1. The van der Waals surface area contributed by atoms with Crippen molar-refractivity contribution in [2.24, 2.45) is 5.73 Å². The molecule has 228 valence electrons. The maximum atomic E-state index is 14.5. The van der Waals surface area contributed by atoms with Crippen LogP contribution in [0.15, 0.2) is 47.8 Å². The Morgan fingerprint density at radius 1 is 1.16 bits per heavy atom. The Kier molecular flexibility index (Phi) is 9.05. The number of ether oxygens (including phenoxy) is 1. The molecule has 1 aliphatic carbocycles. The number of carboxylic acids is 1. The summed E-state index contributed by atoms with van der Waals surface area (Å²) in [6, 6.07) is 8.89. The number of hydrogen-bond acceptors (Lipinski definition) is 7. The summed E-state index contributed by atoms with van der Waals surface area (Å²) < 4.78 is 33.4. The summed E-state index contributed by atoms with van der Waals surface area (Å²) in [5.41, 5.74) is 7.13. The predicted molar refractivity (Wildman–Crippen MR) is 163 cm³/mol. The minimum Gasteiger partial charge on any atom is -0.488 e. The molecule has 0 radical (unpaired) electrons. The van der Waals surface area contributed by atoms with Gasteiger partial charge < -0.3 is 20.5 Å². The number of carbonyl (C=O) groups is 3. The predicted octanol–water partition coefficient (Wildman–Crippen LogP) is 4.96. The third-order valence-electron chi connectivity index (χ3n) is 7.77. The first-order valence-corrected chi connectivity index (χ1v) is 17.0. The van der Waals surface area contributed by atoms with Gasteiger partial charge in [0.05, 0.1) is 23.8 Å². The average molecular weight is 667 g/mol. The lowest BCUT2D eigenvalue weighted by Gasteiger charge is -2.49. The molecule has 1 aromatic heterocycles. The van der Waals surface area contributed by atoms with Crippen LogP contribution in [0.3, 0.4) is 0 Å². The number of carbonyl (C=O) groups excluding carboxylic acids is 2. The first kappa shape index (κ1) is 31.3. The van der Waals surface area contributed by atoms with Crippen molar-refractivity contribution in [3.05, 3.63) is 85.0 Å². The van der Waals surface area contributed by atoms with Crippen molar-refractivity contribution in [3.8, 4) is 5.75 Å². The molecule has 2 aromatic carbocycles. The molecule has 1 fully saturated rings. The van der Waals surface area contributed by atoms with E-state index in [1.165, 1.54) is 28.8 Å². The van der Waals surface area contributed by atoms with Crippen LogP contribution in [0.1, 0.15) is 74.4 Å². The smallest absolute Gasteiger partial charge is 0.336 e. The molecule has 43 heavy (non-hydrogen) atoms. The van der Waals surface area contributed by atoms with Gasteiger partial charge in [-0.15, -0.1) is 11.3 Å². The standard InChI is InChI=1S/C29H29Cl2N3O7S2/c1-43(39,40)33-21-6-2-3-7-22(21)34-26(18-10-9-16(30)12-20(18)31)25(27(32)35)24-19(28(34)36)5-4-8-23(24)41-13-17-11-15(14-42-17)29(37)38/h4-5,8-12,14,21-22,25-26,33H,2-3,6-7,13H2,1H3,(H2,32,35)(H,37,38)/t21-,22-,25+,26-/m0/s1. The number of benzene rings is 2. The Hall–Kier alpha value is -3.16. The molecule has 14 heteroatoms. The fourth-order valence-electron chi connectivity index (χ4n) is 6.06. The summed E-state index contributed by atoms with van der Waals surface area (Å²) in [6.07, 6.45) is 3.56. The van der Waals surface area contributed by atoms with Crippen LogP contribution in [-0.4, -0.2) is 54.5 Å². The van der Waals surface area contributed by atoms with Crippen LogP contribution < -0.4 is 15.2 Å². The van der Waals surface area contributed by atoms with Crippen molar-refractivity contribution in [3.63, 3.8) is 0 Å². The molecule has 1 saturated carbocycles. The van der Waals surface area contributed by atoms with Gasteiger partial charge in [-0.25, -0.2) is 17.9 Å². The molecule has 5 rings (SSSR count). The zero-order valence-corrected chi connectivity index (χ0v) is 26.1. The fraction of sp³-hybridized carbons (Fsp3) is 0.345. The third kappa shape index (κ3) is 6.53. The van der Waals surface area contributed by atoms with Crippen molar-refractivity contribution in [1.82, 2.24) is 9.62 Å². The third-order valence-corrected chi connectivity index (χ3v) is 9.97. The summed E-state index contributed by atoms with van der Waals surface area (Å²) >= 11 is 14.1. The monoisotopic (exact) mass is 665 g/mol. The van der Waals surface area contributed by atoms with Gasteiger partial charge in [-0.3, -0.25) is 9.59 Å². The maximum Gasteiger partial charge on any atom is 0.336 e. The number of aromatic carboxylic acids is 1. The largest absolute Gasteiger partial charge is 0.488 e. The van der Waals surface area contributed by atoms with E-state index in [-0.39, 0.29) is 34.1 Å². The second kappa shape index (κ2) is 12.4. The summed E-state index contributed by atoms with van der Waals surface area (Å²) in [5, 5.41) is 11.3. The molecule has 1 aliphatic heterocycles. The zero-order valence-electron chi connectivity index (χ0n) is 23.0. The van der Waals surface area contributed by atoms with Crippen LogP contribution in [0.4, 0.5) is 0 Å². The number of fused-ring (bicyclic) bond motifs is 1. The number of hydrogen-bond donors (Lipinski definition) is 3. The number of primary amides is 1. The van der Waals surface area contributed by atoms with Gasteiger partial charge in [0.1, 0.15) is 12.4 Å². The van der Waals surface area contributed by atoms with Gasteiger partial charge in [-0.05, 0) is 48.7 Å². The van der Waals surface area contributed by atoms with E-state index in [0.717, 1.165) is 19.1 Å². The van der Waals surface area contributed by atoms with E-state index in [4.69, 9.17) is 33.7 Å². The van der Waals surface area contributed by atoms with Gasteiger partial charge in [-0.2, -0.15) is 0 Å². The van der Waals surface area contributed by atoms with E-state index in [9.17, 15) is 27.9 Å². The number of carboxylic acid groups (broad SMARTS) is 1. The SMILES string of the molecule is CS(=O)(=O)N[C@H]1CCCC[C@@H]1N1C(=O)c2cccc(OCc3cc(C(=O)O)cs3)c2[C@@H](C(N)=O)[C@@H]1c1ccc(Cl)cc1Cl. The second-order valence-electron chi connectivity index (χ2n) is 10.7. The van der Waals surface area contributed by atoms with Gasteiger partial charge in [-0.1, -0.05) is 48.2 Å². The second-order valence-corrected chi connectivity index (χ2v) is 14.3. The van der Waals surface area contributed by atoms with E-state index in [1.807, 2.05) is 0 Å². The lowest BCUT2D eigenvalue weighted by atomic mass is 9.76. The van der Waals surface area contributed by atoms with Crippen LogP contribution in [0.5, 0.6) is 5.75 Å². The Morgan fingerprint density at radius 2 is 1.91 bits per heavy atom. The van der Waals surface area contributed by atoms with Crippen LogP contribution in [0.25, 0.3) is 0 Å². The highest BCUT2D eigenvalue weighted by molar-refractivity contribution is 7.88. The molecule has 4 N–H and O–H groups in total. The quantitative estimate of drug-likeness (QED) is 0.292. The molecule has 2 amide bonds. The van der Waals surface area contributed by atoms with E-state index in [2.05, 4.69) is 4.72 Å². The van der Waals surface area contributed by atoms with Gasteiger partial charge in [0.2, 0.25) is 15.9 Å². The molecule has 4 atom stereocenters. The lowest BCUT2D eigenvalue weighted by molar-refractivity contribution is -0.121. The molecule has 0 spiro atoms. The summed E-state index contributed by atoms with van der Waals surface area (Å²) in [7, 11) is -3.62. The molecular formula is C29H29Cl2N3O7S2. The van der Waals surface area contributed by atoms with Crippen LogP contribution in [0, 0.1) is 0 Å². The molecular weight excluding hydrogens is 637 g/mol. The van der Waals surface area contributed by atoms with Gasteiger partial charge in [0.15, 0.2) is 0 Å². The highest BCUT2D eigenvalue weighted by Crippen LogP contribution is 2.50. The van der Waals surface area contributed by atoms with Crippen molar-refractivity contribution in [1.29, 1.82) is 0 Å². The number of amides is 2. The fourth-order valence-corrected chi connectivity index (χ4v) is 8.17. The maximum absolute atomic E-state index is 14.5. The Balaban J connectivity index is 1.66. The number of thiophene rings is 1. The number of nitrogens with two attached hydrogens (primary N) is 1. The summed E-state index contributed by atoms with van der Waals surface area (Å²) in [4.78, 5) is 41.4. The molecule has 0 bridgehead atoms. The number of halogens is 2. The van der Waals surface area contributed by atoms with E-state index in [0.29, 0.717) is 28.3 Å². The molecule has 0 unspecified atom stereocenters. The van der Waals surface area contributed by atoms with Gasteiger partial charge in [0, 0.05) is 43.5 Å². The van der Waals surface area contributed by atoms with Crippen LogP contribution in [0.2, 0.25) is 10.0 Å². The van der Waals surface area contributed by atoms with Crippen molar-refractivity contribution in [2.45, 2.75) is 56.3 Å². The summed E-state index contributed by atoms with van der Waals surface area (Å²) in [6.45, 7) is -0.00681. The normalized spacial score (nSPS) is 22.2. The van der Waals surface area contributed by atoms with E-state index >= 15 is 0 Å². The van der Waals surface area contributed by atoms with E-state index < -0.39 is 51.9 Å². The number of nitrogens with one attached hydrogen (secondary N) is 1. The van der Waals surface area contributed by atoms with E-state index in [1.54, 1.807) is 35.2 Å². The topological polar surface area (TPSA) is 156 Å². The molecule has 3 aromatic rings. The lowest BCUT2D eigenvalue weighted by Crippen LogP contribution is -2.59. The number of rotatable bonds is 9. The van der Waals surface area contributed by atoms with Gasteiger partial charge >= 0.3 is 5.97 Å². The van der Waals surface area contributed by atoms with Crippen LogP contribution >= 0.6 is 34.5 Å². The first-order chi connectivity index (χ1) is 20.4. The van der Waals surface area contributed by atoms with Crippen molar-refractivity contribution >= 4 is 62.3 Å². The molecule has 2 heterocycles. The highest BCUT2D eigenvalue weighted by atomic mass is 35.5. The molecule has 0 saturated heterocycles. The zero-order chi connectivity index (χ0) is 31.1. The van der Waals surface area contributed by atoms with Gasteiger partial charge in [0.25, 0.3) is 5.91 Å². The van der Waals surface area contributed by atoms with Crippen LogP contribution in [-0.2, 0) is 21.4 Å². The Bertz CT molecular complexity index is 1690. The Morgan fingerprint density at radius 3 is 2.56 bits per heavy atom. The Labute approximate surface area is 262 Å². The number of sulfonamides is 1.